The average molecular weight is 378 g/mol. The lowest BCUT2D eigenvalue weighted by atomic mass is 9.93. The van der Waals surface area contributed by atoms with E-state index in [2.05, 4.69) is 69.3 Å². The Hall–Kier alpha value is -2.56. The molecule has 1 saturated carbocycles. The lowest BCUT2D eigenvalue weighted by Crippen LogP contribution is -2.25. The Kier molecular flexibility index (Phi) is 4.77. The van der Waals surface area contributed by atoms with Crippen molar-refractivity contribution < 1.29 is 0 Å². The molecule has 0 spiro atoms. The molecule has 1 aliphatic rings. The van der Waals surface area contributed by atoms with E-state index in [0.29, 0.717) is 23.8 Å². The highest BCUT2D eigenvalue weighted by molar-refractivity contribution is 5.90. The molecule has 1 fully saturated rings. The Morgan fingerprint density at radius 1 is 0.964 bits per heavy atom. The molecule has 0 aliphatic heterocycles. The molecule has 2 aromatic heterocycles. The zero-order valence-electron chi connectivity index (χ0n) is 17.7. The van der Waals surface area contributed by atoms with E-state index < -0.39 is 0 Å². The van der Waals surface area contributed by atoms with Crippen molar-refractivity contribution in [2.24, 2.45) is 17.8 Å². The SMILES string of the molecule is Cc1ccc(Nc2nc(NC3CC(C)C(C)C3C)nc3[nH]ccc23)c(C)c1C. The van der Waals surface area contributed by atoms with E-state index in [0.717, 1.165) is 34.9 Å². The lowest BCUT2D eigenvalue weighted by molar-refractivity contribution is 0.374. The predicted octanol–water partition coefficient (Wildman–Crippen LogP) is 5.72. The van der Waals surface area contributed by atoms with Crippen LogP contribution in [0.5, 0.6) is 0 Å². The number of hydrogen-bond donors (Lipinski definition) is 3. The second-order valence-corrected chi connectivity index (χ2v) is 8.62. The zero-order chi connectivity index (χ0) is 20.0. The van der Waals surface area contributed by atoms with Crippen molar-refractivity contribution >= 4 is 28.5 Å². The quantitative estimate of drug-likeness (QED) is 0.544. The van der Waals surface area contributed by atoms with Gasteiger partial charge in [0, 0.05) is 17.9 Å². The number of aromatic amines is 1. The van der Waals surface area contributed by atoms with Gasteiger partial charge in [0.25, 0.3) is 0 Å². The van der Waals surface area contributed by atoms with E-state index in [1.54, 1.807) is 0 Å². The van der Waals surface area contributed by atoms with E-state index in [-0.39, 0.29) is 0 Å². The highest BCUT2D eigenvalue weighted by Gasteiger charge is 2.35. The van der Waals surface area contributed by atoms with Gasteiger partial charge < -0.3 is 15.6 Å². The van der Waals surface area contributed by atoms with Crippen molar-refractivity contribution in [3.63, 3.8) is 0 Å². The molecule has 4 atom stereocenters. The first kappa shape index (κ1) is 18.8. The number of nitrogens with zero attached hydrogens (tertiary/aromatic N) is 2. The van der Waals surface area contributed by atoms with Crippen molar-refractivity contribution in [3.05, 3.63) is 41.1 Å². The summed E-state index contributed by atoms with van der Waals surface area (Å²) in [5, 5.41) is 8.17. The van der Waals surface area contributed by atoms with Crippen molar-refractivity contribution in [3.8, 4) is 0 Å². The van der Waals surface area contributed by atoms with Crippen LogP contribution in [0.15, 0.2) is 24.4 Å². The molecule has 148 valence electrons. The maximum atomic E-state index is 4.86. The fourth-order valence-corrected chi connectivity index (χ4v) is 4.39. The van der Waals surface area contributed by atoms with Gasteiger partial charge in [-0.2, -0.15) is 9.97 Å². The Balaban J connectivity index is 1.67. The van der Waals surface area contributed by atoms with Crippen LogP contribution in [-0.2, 0) is 0 Å². The summed E-state index contributed by atoms with van der Waals surface area (Å²) in [5.41, 5.74) is 5.81. The third-order valence-corrected chi connectivity index (χ3v) is 7.03. The summed E-state index contributed by atoms with van der Waals surface area (Å²) in [6, 6.07) is 6.73. The third-order valence-electron chi connectivity index (χ3n) is 7.03. The number of hydrogen-bond acceptors (Lipinski definition) is 4. The zero-order valence-corrected chi connectivity index (χ0v) is 17.7. The van der Waals surface area contributed by atoms with Gasteiger partial charge in [0.15, 0.2) is 0 Å². The molecule has 4 unspecified atom stereocenters. The molecular formula is C23H31N5. The summed E-state index contributed by atoms with van der Waals surface area (Å²) in [4.78, 5) is 12.8. The first-order valence-corrected chi connectivity index (χ1v) is 10.3. The fraction of sp³-hybridized carbons (Fsp3) is 0.478. The number of aromatic nitrogens is 3. The minimum Gasteiger partial charge on any atom is -0.351 e. The van der Waals surface area contributed by atoms with Crippen LogP contribution in [0.25, 0.3) is 11.0 Å². The topological polar surface area (TPSA) is 65.6 Å². The molecule has 4 rings (SSSR count). The van der Waals surface area contributed by atoms with E-state index in [1.807, 2.05) is 12.3 Å². The van der Waals surface area contributed by atoms with Crippen LogP contribution in [0.4, 0.5) is 17.5 Å². The first-order valence-electron chi connectivity index (χ1n) is 10.3. The normalized spacial score (nSPS) is 24.6. The smallest absolute Gasteiger partial charge is 0.226 e. The third kappa shape index (κ3) is 3.23. The van der Waals surface area contributed by atoms with Gasteiger partial charge in [0.2, 0.25) is 5.95 Å². The molecule has 28 heavy (non-hydrogen) atoms. The Labute approximate surface area is 167 Å². The second-order valence-electron chi connectivity index (χ2n) is 8.62. The Bertz CT molecular complexity index is 1010. The van der Waals surface area contributed by atoms with Crippen LogP contribution in [0.2, 0.25) is 0 Å². The number of anilines is 3. The van der Waals surface area contributed by atoms with Crippen LogP contribution in [0.1, 0.15) is 43.9 Å². The lowest BCUT2D eigenvalue weighted by Gasteiger charge is -2.20. The van der Waals surface area contributed by atoms with E-state index in [4.69, 9.17) is 9.97 Å². The first-order chi connectivity index (χ1) is 13.3. The standard InChI is InChI=1S/C23H31N5/c1-12-7-8-19(16(5)14(12)3)25-22-18-9-10-24-21(18)27-23(28-22)26-20-11-13(2)15(4)17(20)6/h7-10,13,15,17,20H,11H2,1-6H3,(H3,24,25,26,27,28). The van der Waals surface area contributed by atoms with Crippen LogP contribution < -0.4 is 10.6 Å². The average Bonchev–Trinajstić information content (AvgIpc) is 3.23. The highest BCUT2D eigenvalue weighted by Crippen LogP contribution is 2.38. The van der Waals surface area contributed by atoms with Gasteiger partial charge in [-0.3, -0.25) is 0 Å². The molecule has 0 radical (unpaired) electrons. The molecular weight excluding hydrogens is 346 g/mol. The summed E-state index contributed by atoms with van der Waals surface area (Å²) >= 11 is 0. The molecule has 0 amide bonds. The summed E-state index contributed by atoms with van der Waals surface area (Å²) in [6.45, 7) is 13.5. The number of nitrogens with one attached hydrogen (secondary N) is 3. The number of H-pyrrole nitrogens is 1. The van der Waals surface area contributed by atoms with Gasteiger partial charge in [-0.05, 0) is 73.8 Å². The van der Waals surface area contributed by atoms with Gasteiger partial charge in [0.05, 0.1) is 5.39 Å². The number of benzene rings is 1. The van der Waals surface area contributed by atoms with E-state index in [9.17, 15) is 0 Å². The summed E-state index contributed by atoms with van der Waals surface area (Å²) in [6.07, 6.45) is 3.08. The van der Waals surface area contributed by atoms with Crippen molar-refractivity contribution in [2.75, 3.05) is 10.6 Å². The molecule has 2 heterocycles. The van der Waals surface area contributed by atoms with Gasteiger partial charge >= 0.3 is 0 Å². The Morgan fingerprint density at radius 2 is 1.75 bits per heavy atom. The Morgan fingerprint density at radius 3 is 2.46 bits per heavy atom. The van der Waals surface area contributed by atoms with Crippen molar-refractivity contribution in [1.29, 1.82) is 0 Å². The van der Waals surface area contributed by atoms with E-state index in [1.165, 1.54) is 16.7 Å². The van der Waals surface area contributed by atoms with E-state index >= 15 is 0 Å². The molecule has 1 aliphatic carbocycles. The largest absolute Gasteiger partial charge is 0.351 e. The molecule has 5 nitrogen and oxygen atoms in total. The van der Waals surface area contributed by atoms with Gasteiger partial charge in [-0.25, -0.2) is 0 Å². The highest BCUT2D eigenvalue weighted by atomic mass is 15.2. The minimum atomic E-state index is 0.411. The number of fused-ring (bicyclic) bond motifs is 1. The summed E-state index contributed by atoms with van der Waals surface area (Å²) < 4.78 is 0. The maximum Gasteiger partial charge on any atom is 0.226 e. The van der Waals surface area contributed by atoms with Crippen LogP contribution in [0, 0.1) is 38.5 Å². The van der Waals surface area contributed by atoms with Gasteiger partial charge in [-0.15, -0.1) is 0 Å². The van der Waals surface area contributed by atoms with Crippen molar-refractivity contribution in [2.45, 2.75) is 54.0 Å². The minimum absolute atomic E-state index is 0.411. The van der Waals surface area contributed by atoms with Gasteiger partial charge in [0.1, 0.15) is 11.5 Å². The molecule has 1 aromatic carbocycles. The molecule has 3 aromatic rings. The number of aryl methyl sites for hydroxylation is 1. The van der Waals surface area contributed by atoms with Crippen molar-refractivity contribution in [1.82, 2.24) is 15.0 Å². The fourth-order valence-electron chi connectivity index (χ4n) is 4.39. The maximum absolute atomic E-state index is 4.86. The molecule has 5 heteroatoms. The van der Waals surface area contributed by atoms with Crippen LogP contribution >= 0.6 is 0 Å². The second kappa shape index (κ2) is 7.12. The van der Waals surface area contributed by atoms with Crippen LogP contribution in [-0.4, -0.2) is 21.0 Å². The van der Waals surface area contributed by atoms with Crippen LogP contribution in [0.3, 0.4) is 0 Å². The number of rotatable bonds is 4. The summed E-state index contributed by atoms with van der Waals surface area (Å²) in [7, 11) is 0. The van der Waals surface area contributed by atoms with Gasteiger partial charge in [-0.1, -0.05) is 26.8 Å². The monoisotopic (exact) mass is 377 g/mol. The molecule has 3 N–H and O–H groups in total. The molecule has 0 saturated heterocycles. The molecule has 0 bridgehead atoms. The predicted molar refractivity (Wildman–Crippen MR) is 117 cm³/mol. The summed E-state index contributed by atoms with van der Waals surface area (Å²) in [5.74, 6) is 3.57.